The molecule has 6 nitrogen and oxygen atoms in total. The third-order valence-corrected chi connectivity index (χ3v) is 4.00. The first kappa shape index (κ1) is 15.7. The number of piperidine rings is 1. The number of hydrogen-bond acceptors (Lipinski definition) is 5. The zero-order valence-corrected chi connectivity index (χ0v) is 12.4. The summed E-state index contributed by atoms with van der Waals surface area (Å²) in [6, 6.07) is 5.40. The van der Waals surface area contributed by atoms with E-state index in [1.807, 2.05) is 13.0 Å². The monoisotopic (exact) mass is 293 g/mol. The zero-order chi connectivity index (χ0) is 15.2. The molecule has 1 aromatic carbocycles. The van der Waals surface area contributed by atoms with Crippen LogP contribution in [0.15, 0.2) is 18.2 Å². The van der Waals surface area contributed by atoms with E-state index in [0.29, 0.717) is 18.2 Å². The van der Waals surface area contributed by atoms with Crippen molar-refractivity contribution in [2.45, 2.75) is 26.3 Å². The number of aliphatic hydroxyl groups excluding tert-OH is 1. The highest BCUT2D eigenvalue weighted by Crippen LogP contribution is 2.27. The molecular weight excluding hydrogens is 270 g/mol. The lowest BCUT2D eigenvalue weighted by atomic mass is 9.97. The number of hydrogen-bond donors (Lipinski definition) is 2. The summed E-state index contributed by atoms with van der Waals surface area (Å²) >= 11 is 0. The van der Waals surface area contributed by atoms with Gasteiger partial charge in [-0.3, -0.25) is 15.0 Å². The molecule has 21 heavy (non-hydrogen) atoms. The summed E-state index contributed by atoms with van der Waals surface area (Å²) in [7, 11) is 0. The number of likely N-dealkylation sites (tertiary alicyclic amines) is 1. The van der Waals surface area contributed by atoms with E-state index in [-0.39, 0.29) is 17.2 Å². The Labute approximate surface area is 124 Å². The van der Waals surface area contributed by atoms with Crippen LogP contribution in [0.5, 0.6) is 0 Å². The van der Waals surface area contributed by atoms with Gasteiger partial charge in [0.25, 0.3) is 5.69 Å². The fourth-order valence-electron chi connectivity index (χ4n) is 2.75. The smallest absolute Gasteiger partial charge is 0.292 e. The predicted octanol–water partition coefficient (Wildman–Crippen LogP) is 2.23. The normalized spacial score (nSPS) is 16.9. The molecule has 1 fully saturated rings. The summed E-state index contributed by atoms with van der Waals surface area (Å²) in [6.07, 6.45) is 1.99. The number of anilines is 1. The van der Waals surface area contributed by atoms with Crippen LogP contribution in [0.4, 0.5) is 11.4 Å². The van der Waals surface area contributed by atoms with Gasteiger partial charge < -0.3 is 10.4 Å². The lowest BCUT2D eigenvalue weighted by Crippen LogP contribution is -2.34. The maximum Gasteiger partial charge on any atom is 0.292 e. The highest BCUT2D eigenvalue weighted by atomic mass is 16.6. The Bertz CT molecular complexity index is 485. The SMILES string of the molecule is CCNc1ccc(CN2CCC(CO)CC2)cc1[N+](=O)[O-]. The van der Waals surface area contributed by atoms with Crippen molar-refractivity contribution < 1.29 is 10.0 Å². The molecule has 0 unspecified atom stereocenters. The van der Waals surface area contributed by atoms with E-state index < -0.39 is 0 Å². The van der Waals surface area contributed by atoms with Gasteiger partial charge >= 0.3 is 0 Å². The quantitative estimate of drug-likeness (QED) is 0.621. The van der Waals surface area contributed by atoms with Gasteiger partial charge in [0.05, 0.1) is 4.92 Å². The molecule has 2 N–H and O–H groups in total. The van der Waals surface area contributed by atoms with Crippen LogP contribution in [0, 0.1) is 16.0 Å². The summed E-state index contributed by atoms with van der Waals surface area (Å²) in [5.41, 5.74) is 1.68. The first-order chi connectivity index (χ1) is 10.1. The number of nitro groups is 1. The van der Waals surface area contributed by atoms with Gasteiger partial charge in [0.2, 0.25) is 0 Å². The molecule has 6 heteroatoms. The van der Waals surface area contributed by atoms with Gasteiger partial charge in [-0.2, -0.15) is 0 Å². The van der Waals surface area contributed by atoms with Crippen LogP contribution >= 0.6 is 0 Å². The Balaban J connectivity index is 2.04. The Morgan fingerprint density at radius 1 is 1.43 bits per heavy atom. The number of nitrogens with one attached hydrogen (secondary N) is 1. The largest absolute Gasteiger partial charge is 0.396 e. The molecule has 1 aliphatic rings. The standard InChI is InChI=1S/C15H23N3O3/c1-2-16-14-4-3-13(9-15(14)18(20)21)10-17-7-5-12(11-19)6-8-17/h3-4,9,12,16,19H,2,5-8,10-11H2,1H3. The van der Waals surface area contributed by atoms with Crippen molar-refractivity contribution in [1.29, 1.82) is 0 Å². The van der Waals surface area contributed by atoms with Crippen LogP contribution in [0.25, 0.3) is 0 Å². The lowest BCUT2D eigenvalue weighted by molar-refractivity contribution is -0.384. The summed E-state index contributed by atoms with van der Waals surface area (Å²) in [5.74, 6) is 0.409. The summed E-state index contributed by atoms with van der Waals surface area (Å²) in [4.78, 5) is 13.1. The summed E-state index contributed by atoms with van der Waals surface area (Å²) in [6.45, 7) is 5.45. The highest BCUT2D eigenvalue weighted by Gasteiger charge is 2.20. The second-order valence-electron chi connectivity index (χ2n) is 5.54. The minimum Gasteiger partial charge on any atom is -0.396 e. The maximum atomic E-state index is 11.1. The molecule has 1 heterocycles. The molecule has 0 radical (unpaired) electrons. The second kappa shape index (κ2) is 7.38. The van der Waals surface area contributed by atoms with Gasteiger partial charge in [0.1, 0.15) is 5.69 Å². The fraction of sp³-hybridized carbons (Fsp3) is 0.600. The van der Waals surface area contributed by atoms with Gasteiger partial charge in [0, 0.05) is 25.8 Å². The van der Waals surface area contributed by atoms with Gasteiger partial charge in [-0.25, -0.2) is 0 Å². The van der Waals surface area contributed by atoms with Crippen LogP contribution in [0.2, 0.25) is 0 Å². The molecule has 116 valence electrons. The van der Waals surface area contributed by atoms with Crippen LogP contribution in [-0.2, 0) is 6.54 Å². The van der Waals surface area contributed by atoms with Crippen LogP contribution < -0.4 is 5.32 Å². The molecule has 2 rings (SSSR count). The summed E-state index contributed by atoms with van der Waals surface area (Å²) in [5, 5.41) is 23.3. The molecule has 1 saturated heterocycles. The van der Waals surface area contributed by atoms with Crippen LogP contribution in [-0.4, -0.2) is 41.2 Å². The van der Waals surface area contributed by atoms with E-state index in [1.54, 1.807) is 12.1 Å². The van der Waals surface area contributed by atoms with Gasteiger partial charge in [-0.15, -0.1) is 0 Å². The minimum absolute atomic E-state index is 0.139. The molecule has 0 aromatic heterocycles. The van der Waals surface area contributed by atoms with Crippen molar-refractivity contribution in [3.8, 4) is 0 Å². The number of nitrogens with zero attached hydrogens (tertiary/aromatic N) is 2. The third kappa shape index (κ3) is 4.15. The number of aliphatic hydroxyl groups is 1. The predicted molar refractivity (Wildman–Crippen MR) is 82.3 cm³/mol. The average Bonchev–Trinajstić information content (AvgIpc) is 2.49. The number of benzene rings is 1. The van der Waals surface area contributed by atoms with E-state index in [4.69, 9.17) is 5.11 Å². The van der Waals surface area contributed by atoms with Crippen molar-refractivity contribution >= 4 is 11.4 Å². The highest BCUT2D eigenvalue weighted by molar-refractivity contribution is 5.62. The van der Waals surface area contributed by atoms with E-state index in [0.717, 1.165) is 38.0 Å². The van der Waals surface area contributed by atoms with E-state index in [2.05, 4.69) is 10.2 Å². The van der Waals surface area contributed by atoms with Crippen molar-refractivity contribution in [2.75, 3.05) is 31.6 Å². The average molecular weight is 293 g/mol. The number of nitro benzene ring substituents is 1. The van der Waals surface area contributed by atoms with E-state index >= 15 is 0 Å². The number of rotatable bonds is 6. The minimum atomic E-state index is -0.334. The Morgan fingerprint density at radius 2 is 2.14 bits per heavy atom. The van der Waals surface area contributed by atoms with Gasteiger partial charge in [-0.05, 0) is 50.4 Å². The molecule has 0 amide bonds. The Hall–Kier alpha value is -1.66. The Kier molecular flexibility index (Phi) is 5.52. The molecule has 0 spiro atoms. The molecular formula is C15H23N3O3. The molecule has 1 aliphatic heterocycles. The first-order valence-electron chi connectivity index (χ1n) is 7.48. The van der Waals surface area contributed by atoms with Crippen molar-refractivity contribution in [2.24, 2.45) is 5.92 Å². The first-order valence-corrected chi connectivity index (χ1v) is 7.48. The summed E-state index contributed by atoms with van der Waals surface area (Å²) < 4.78 is 0. The van der Waals surface area contributed by atoms with Gasteiger partial charge in [0.15, 0.2) is 0 Å². The third-order valence-electron chi connectivity index (χ3n) is 4.00. The fourth-order valence-corrected chi connectivity index (χ4v) is 2.75. The van der Waals surface area contributed by atoms with E-state index in [1.165, 1.54) is 0 Å². The van der Waals surface area contributed by atoms with Crippen molar-refractivity contribution in [3.63, 3.8) is 0 Å². The molecule has 0 bridgehead atoms. The molecule has 1 aromatic rings. The second-order valence-corrected chi connectivity index (χ2v) is 5.54. The molecule has 0 atom stereocenters. The zero-order valence-electron chi connectivity index (χ0n) is 12.4. The lowest BCUT2D eigenvalue weighted by Gasteiger charge is -2.31. The maximum absolute atomic E-state index is 11.1. The van der Waals surface area contributed by atoms with Crippen LogP contribution in [0.3, 0.4) is 0 Å². The van der Waals surface area contributed by atoms with Crippen molar-refractivity contribution in [3.05, 3.63) is 33.9 Å². The molecule has 0 aliphatic carbocycles. The van der Waals surface area contributed by atoms with Gasteiger partial charge in [-0.1, -0.05) is 6.07 Å². The van der Waals surface area contributed by atoms with E-state index in [9.17, 15) is 10.1 Å². The topological polar surface area (TPSA) is 78.6 Å². The Morgan fingerprint density at radius 3 is 2.71 bits per heavy atom. The van der Waals surface area contributed by atoms with Crippen LogP contribution in [0.1, 0.15) is 25.3 Å². The molecule has 0 saturated carbocycles. The van der Waals surface area contributed by atoms with Crippen molar-refractivity contribution in [1.82, 2.24) is 4.90 Å².